The summed E-state index contributed by atoms with van der Waals surface area (Å²) < 4.78 is 2.09. The molecule has 3 nitrogen and oxygen atoms in total. The van der Waals surface area contributed by atoms with Gasteiger partial charge in [-0.05, 0) is 25.7 Å². The van der Waals surface area contributed by atoms with Crippen molar-refractivity contribution in [3.05, 3.63) is 11.4 Å². The Morgan fingerprint density at radius 1 is 0.920 bits per heavy atom. The zero-order chi connectivity index (χ0) is 17.3. The van der Waals surface area contributed by atoms with Gasteiger partial charge in [-0.25, -0.2) is 0 Å². The number of rotatable bonds is 3. The number of hydrogen-bond acceptors (Lipinski definition) is 4. The van der Waals surface area contributed by atoms with Crippen molar-refractivity contribution >= 4 is 30.9 Å². The summed E-state index contributed by atoms with van der Waals surface area (Å²) in [6.45, 7) is 2.22. The summed E-state index contributed by atoms with van der Waals surface area (Å²) in [5, 5.41) is 10.6. The van der Waals surface area contributed by atoms with Crippen LogP contribution in [0.25, 0.3) is 0 Å². The molecule has 139 valence electrons. The van der Waals surface area contributed by atoms with E-state index in [0.717, 1.165) is 28.3 Å². The molecule has 1 aliphatic carbocycles. The Morgan fingerprint density at radius 3 is 2.24 bits per heavy atom. The van der Waals surface area contributed by atoms with Gasteiger partial charge in [0, 0.05) is 22.0 Å². The molecule has 1 aromatic heterocycles. The summed E-state index contributed by atoms with van der Waals surface area (Å²) in [6.07, 6.45) is 16.4. The number of hydrogen-bond donors (Lipinski definition) is 0. The van der Waals surface area contributed by atoms with Crippen molar-refractivity contribution in [3.63, 3.8) is 0 Å². The normalized spacial score (nSPS) is 26.3. The molecule has 2 heterocycles. The molecule has 25 heavy (non-hydrogen) atoms. The Kier molecular flexibility index (Phi) is 8.58. The summed E-state index contributed by atoms with van der Waals surface area (Å²) in [4.78, 5) is 0. The average Bonchev–Trinajstić information content (AvgIpc) is 3.00. The number of fused-ring (bicyclic) bond motifs is 4. The van der Waals surface area contributed by atoms with Gasteiger partial charge >= 0.3 is 0 Å². The lowest BCUT2D eigenvalue weighted by Crippen LogP contribution is -2.15. The summed E-state index contributed by atoms with van der Waals surface area (Å²) >= 11 is 4.32. The van der Waals surface area contributed by atoms with Gasteiger partial charge in [-0.1, -0.05) is 63.4 Å². The Morgan fingerprint density at radius 2 is 1.56 bits per heavy atom. The standard InChI is InChI=1S/C19H33BN3S2/c1-2-13-20-23-19-15-25-17-10-8-6-4-3-5-7-9-16(11-12-17)24-14-18(19)21-22-23/h16-17H,2-15H2,1H3. The van der Waals surface area contributed by atoms with Gasteiger partial charge in [-0.15, -0.1) is 5.10 Å². The third kappa shape index (κ3) is 6.23. The molecule has 0 amide bonds. The van der Waals surface area contributed by atoms with E-state index in [0.29, 0.717) is 0 Å². The van der Waals surface area contributed by atoms with Gasteiger partial charge in [0.1, 0.15) is 0 Å². The van der Waals surface area contributed by atoms with E-state index in [9.17, 15) is 0 Å². The van der Waals surface area contributed by atoms with Crippen LogP contribution in [0, 0.1) is 0 Å². The third-order valence-electron chi connectivity index (χ3n) is 5.49. The second-order valence-electron chi connectivity index (χ2n) is 7.54. The molecule has 2 aliphatic rings. The van der Waals surface area contributed by atoms with Gasteiger partial charge in [-0.3, -0.25) is 4.59 Å². The van der Waals surface area contributed by atoms with Crippen LogP contribution >= 0.6 is 23.5 Å². The van der Waals surface area contributed by atoms with Crippen molar-refractivity contribution in [3.8, 4) is 0 Å². The van der Waals surface area contributed by atoms with Crippen LogP contribution in [0.5, 0.6) is 0 Å². The molecule has 0 spiro atoms. The van der Waals surface area contributed by atoms with E-state index >= 15 is 0 Å². The van der Waals surface area contributed by atoms with Crippen molar-refractivity contribution < 1.29 is 0 Å². The molecule has 1 aliphatic heterocycles. The molecular weight excluding hydrogens is 345 g/mol. The fraction of sp³-hybridized carbons (Fsp3) is 0.895. The van der Waals surface area contributed by atoms with Crippen LogP contribution in [-0.4, -0.2) is 32.8 Å². The number of nitrogens with zero attached hydrogens (tertiary/aromatic N) is 3. The van der Waals surface area contributed by atoms with Crippen LogP contribution in [0.3, 0.4) is 0 Å². The Balaban J connectivity index is 1.73. The third-order valence-corrected chi connectivity index (χ3v) is 8.25. The van der Waals surface area contributed by atoms with Crippen molar-refractivity contribution in [1.82, 2.24) is 14.9 Å². The van der Waals surface area contributed by atoms with Crippen molar-refractivity contribution in [2.75, 3.05) is 0 Å². The molecule has 2 atom stereocenters. The molecule has 6 heteroatoms. The first kappa shape index (κ1) is 19.7. The maximum atomic E-state index is 4.54. The van der Waals surface area contributed by atoms with Gasteiger partial charge in [0.15, 0.2) is 0 Å². The van der Waals surface area contributed by atoms with Crippen LogP contribution in [0.1, 0.15) is 88.9 Å². The molecule has 2 unspecified atom stereocenters. The summed E-state index contributed by atoms with van der Waals surface area (Å²) in [5.41, 5.74) is 2.60. The van der Waals surface area contributed by atoms with Gasteiger partial charge in [0.2, 0.25) is 0 Å². The molecule has 1 saturated carbocycles. The Hall–Kier alpha value is -0.0951. The first-order chi connectivity index (χ1) is 12.4. The SMILES string of the molecule is CCC[B]n1nnc2c1CSC1CCCCCCCCC(CC1)SC2. The van der Waals surface area contributed by atoms with Gasteiger partial charge in [0.05, 0.1) is 11.4 Å². The van der Waals surface area contributed by atoms with Gasteiger partial charge < -0.3 is 0 Å². The van der Waals surface area contributed by atoms with Crippen LogP contribution in [0.4, 0.5) is 0 Å². The van der Waals surface area contributed by atoms with E-state index in [1.807, 2.05) is 0 Å². The molecule has 0 aromatic carbocycles. The summed E-state index contributed by atoms with van der Waals surface area (Å²) in [5.74, 6) is 2.13. The van der Waals surface area contributed by atoms with Crippen LogP contribution in [0.2, 0.25) is 6.32 Å². The fourth-order valence-corrected chi connectivity index (χ4v) is 6.43. The highest BCUT2D eigenvalue weighted by Gasteiger charge is 2.22. The van der Waals surface area contributed by atoms with Gasteiger partial charge in [-0.2, -0.15) is 23.5 Å². The second kappa shape index (κ2) is 10.9. The monoisotopic (exact) mass is 378 g/mol. The highest BCUT2D eigenvalue weighted by molar-refractivity contribution is 7.99. The number of thioether (sulfide) groups is 2. The van der Waals surface area contributed by atoms with Crippen LogP contribution < -0.4 is 0 Å². The molecule has 3 rings (SSSR count). The predicted octanol–water partition coefficient (Wildman–Crippen LogP) is 5.71. The molecule has 0 saturated heterocycles. The van der Waals surface area contributed by atoms with E-state index in [4.69, 9.17) is 0 Å². The van der Waals surface area contributed by atoms with Crippen LogP contribution in [0.15, 0.2) is 0 Å². The predicted molar refractivity (Wildman–Crippen MR) is 113 cm³/mol. The zero-order valence-electron chi connectivity index (χ0n) is 15.8. The quantitative estimate of drug-likeness (QED) is 0.631. The van der Waals surface area contributed by atoms with E-state index in [1.54, 1.807) is 0 Å². The Labute approximate surface area is 163 Å². The zero-order valence-corrected chi connectivity index (χ0v) is 17.4. The van der Waals surface area contributed by atoms with E-state index in [2.05, 4.69) is 52.8 Å². The summed E-state index contributed by atoms with van der Waals surface area (Å²) in [7, 11) is 2.23. The van der Waals surface area contributed by atoms with E-state index in [1.165, 1.54) is 82.0 Å². The summed E-state index contributed by atoms with van der Waals surface area (Å²) in [6, 6.07) is 0. The number of aromatic nitrogens is 3. The molecule has 1 aromatic rings. The van der Waals surface area contributed by atoms with Crippen LogP contribution in [-0.2, 0) is 11.5 Å². The minimum absolute atomic E-state index is 0.818. The van der Waals surface area contributed by atoms with Gasteiger partial charge in [0.25, 0.3) is 7.41 Å². The average molecular weight is 378 g/mol. The molecule has 1 fully saturated rings. The minimum Gasteiger partial charge on any atom is -0.300 e. The highest BCUT2D eigenvalue weighted by Crippen LogP contribution is 2.35. The largest absolute Gasteiger partial charge is 0.300 e. The smallest absolute Gasteiger partial charge is 0.282 e. The second-order valence-corrected chi connectivity index (χ2v) is 10.1. The van der Waals surface area contributed by atoms with Crippen molar-refractivity contribution in [2.45, 2.75) is 106 Å². The topological polar surface area (TPSA) is 30.7 Å². The van der Waals surface area contributed by atoms with Crippen molar-refractivity contribution in [1.29, 1.82) is 0 Å². The lowest BCUT2D eigenvalue weighted by Gasteiger charge is -2.24. The first-order valence-corrected chi connectivity index (χ1v) is 12.5. The first-order valence-electron chi connectivity index (χ1n) is 10.4. The maximum absolute atomic E-state index is 4.54. The molecule has 2 bridgehead atoms. The Bertz CT molecular complexity index is 509. The fourth-order valence-electron chi connectivity index (χ4n) is 3.84. The van der Waals surface area contributed by atoms with E-state index < -0.39 is 0 Å². The van der Waals surface area contributed by atoms with Crippen molar-refractivity contribution in [2.24, 2.45) is 0 Å². The minimum atomic E-state index is 0.818. The molecule has 0 N–H and O–H groups in total. The lowest BCUT2D eigenvalue weighted by atomic mass is 9.87. The maximum Gasteiger partial charge on any atom is 0.282 e. The lowest BCUT2D eigenvalue weighted by molar-refractivity contribution is 0.515. The molecular formula is C19H33BN3S2. The van der Waals surface area contributed by atoms with E-state index in [-0.39, 0.29) is 0 Å². The highest BCUT2D eigenvalue weighted by atomic mass is 32.2. The molecule has 1 radical (unpaired) electrons.